The lowest BCUT2D eigenvalue weighted by Gasteiger charge is -2.14. The Labute approximate surface area is 247 Å². The number of hydrogen-bond donors (Lipinski definition) is 3. The van der Waals surface area contributed by atoms with E-state index >= 15 is 0 Å². The van der Waals surface area contributed by atoms with Crippen LogP contribution in [0.2, 0.25) is 0 Å². The maximum absolute atomic E-state index is 13.5. The number of nitrogens with one attached hydrogen (secondary N) is 3. The molecular weight excluding hydrogens is 556 g/mol. The Hall–Kier alpha value is -5.03. The smallest absolute Gasteiger partial charge is 0.272 e. The lowest BCUT2D eigenvalue weighted by Crippen LogP contribution is -2.30. The molecular formula is C31H30N4O6S. The van der Waals surface area contributed by atoms with E-state index in [0.29, 0.717) is 39.9 Å². The third-order valence-corrected chi connectivity index (χ3v) is 6.99. The normalized spacial score (nSPS) is 11.8. The van der Waals surface area contributed by atoms with E-state index in [1.54, 1.807) is 92.7 Å². The number of methoxy groups -OCH3 is 2. The Kier molecular flexibility index (Phi) is 10.0. The second-order valence-electron chi connectivity index (χ2n) is 9.05. The molecule has 3 aromatic carbocycles. The van der Waals surface area contributed by atoms with Crippen molar-refractivity contribution in [1.82, 2.24) is 10.5 Å². The third-order valence-electron chi connectivity index (χ3n) is 5.90. The molecule has 10 nitrogen and oxygen atoms in total. The van der Waals surface area contributed by atoms with Gasteiger partial charge >= 0.3 is 0 Å². The van der Waals surface area contributed by atoms with E-state index < -0.39 is 17.1 Å². The summed E-state index contributed by atoms with van der Waals surface area (Å²) < 4.78 is 15.7. The first kappa shape index (κ1) is 29.9. The van der Waals surface area contributed by atoms with Gasteiger partial charge < -0.3 is 29.9 Å². The molecule has 1 unspecified atom stereocenters. The molecule has 11 heteroatoms. The van der Waals surface area contributed by atoms with Crippen molar-refractivity contribution in [3.05, 3.63) is 101 Å². The number of nitrogens with zero attached hydrogens (tertiary/aromatic N) is 1. The molecule has 0 bridgehead atoms. The molecule has 0 radical (unpaired) electrons. The van der Waals surface area contributed by atoms with Crippen molar-refractivity contribution in [2.75, 3.05) is 24.9 Å². The van der Waals surface area contributed by atoms with Crippen molar-refractivity contribution in [3.8, 4) is 11.5 Å². The molecule has 0 spiro atoms. The van der Waals surface area contributed by atoms with Crippen LogP contribution in [0.3, 0.4) is 0 Å². The summed E-state index contributed by atoms with van der Waals surface area (Å²) in [6.45, 7) is 3.50. The highest BCUT2D eigenvalue weighted by Crippen LogP contribution is 2.29. The Morgan fingerprint density at radius 3 is 2.36 bits per heavy atom. The first-order chi connectivity index (χ1) is 20.2. The van der Waals surface area contributed by atoms with Gasteiger partial charge in [-0.25, -0.2) is 0 Å². The van der Waals surface area contributed by atoms with Crippen molar-refractivity contribution in [1.29, 1.82) is 0 Å². The van der Waals surface area contributed by atoms with Crippen LogP contribution in [0, 0.1) is 6.92 Å². The number of carbonyl (C=O) groups excluding carboxylic acids is 3. The van der Waals surface area contributed by atoms with Crippen LogP contribution in [0.15, 0.2) is 94.0 Å². The van der Waals surface area contributed by atoms with Crippen LogP contribution in [0.5, 0.6) is 11.5 Å². The average molecular weight is 587 g/mol. The number of anilines is 2. The largest absolute Gasteiger partial charge is 0.493 e. The summed E-state index contributed by atoms with van der Waals surface area (Å²) in [5, 5.41) is 11.6. The van der Waals surface area contributed by atoms with Gasteiger partial charge in [-0.3, -0.25) is 14.4 Å². The summed E-state index contributed by atoms with van der Waals surface area (Å²) >= 11 is 1.31. The quantitative estimate of drug-likeness (QED) is 0.154. The summed E-state index contributed by atoms with van der Waals surface area (Å²) in [5.74, 6) is 0.717. The second-order valence-corrected chi connectivity index (χ2v) is 10.5. The standard InChI is InChI=1S/C31H30N4O6S/c1-19-15-28(35-41-19)34-29(36)20(2)42-24-12-8-11-23(18-24)32-31(38)25(33-30(37)22-9-6-5-7-10-22)16-21-13-14-26(39-3)27(17-21)40-4/h5-18,20H,1-4H3,(H,32,38)(H,33,37)(H,34,35,36)/b25-16+. The minimum atomic E-state index is -0.539. The average Bonchev–Trinajstić information content (AvgIpc) is 3.41. The van der Waals surface area contributed by atoms with Crippen molar-refractivity contribution in [3.63, 3.8) is 0 Å². The fourth-order valence-corrected chi connectivity index (χ4v) is 4.73. The highest BCUT2D eigenvalue weighted by Gasteiger charge is 2.18. The fraction of sp³-hybridized carbons (Fsp3) is 0.161. The highest BCUT2D eigenvalue weighted by atomic mass is 32.2. The molecule has 1 heterocycles. The van der Waals surface area contributed by atoms with Crippen molar-refractivity contribution in [2.24, 2.45) is 0 Å². The molecule has 0 fully saturated rings. The van der Waals surface area contributed by atoms with E-state index in [0.717, 1.165) is 4.90 Å². The number of thioether (sulfide) groups is 1. The fourth-order valence-electron chi connectivity index (χ4n) is 3.81. The van der Waals surface area contributed by atoms with Crippen molar-refractivity contribution < 1.29 is 28.4 Å². The third kappa shape index (κ3) is 8.01. The number of benzene rings is 3. The predicted molar refractivity (Wildman–Crippen MR) is 162 cm³/mol. The van der Waals surface area contributed by atoms with Gasteiger partial charge in [0.05, 0.1) is 19.5 Å². The van der Waals surface area contributed by atoms with Crippen LogP contribution in [0.25, 0.3) is 6.08 Å². The van der Waals surface area contributed by atoms with Gasteiger partial charge in [-0.05, 0) is 68.0 Å². The summed E-state index contributed by atoms with van der Waals surface area (Å²) in [4.78, 5) is 39.8. The Bertz CT molecular complexity index is 1600. The topological polar surface area (TPSA) is 132 Å². The number of aromatic nitrogens is 1. The molecule has 3 amide bonds. The van der Waals surface area contributed by atoms with Gasteiger partial charge in [-0.15, -0.1) is 11.8 Å². The number of aryl methyl sites for hydroxylation is 1. The van der Waals surface area contributed by atoms with E-state index in [4.69, 9.17) is 14.0 Å². The predicted octanol–water partition coefficient (Wildman–Crippen LogP) is 5.53. The lowest BCUT2D eigenvalue weighted by atomic mass is 10.1. The molecule has 0 aliphatic heterocycles. The molecule has 1 atom stereocenters. The van der Waals surface area contributed by atoms with Crippen LogP contribution in [0.1, 0.15) is 28.6 Å². The SMILES string of the molecule is COc1ccc(/C=C(/NC(=O)c2ccccc2)C(=O)Nc2cccc(SC(C)C(=O)Nc3cc(C)on3)c2)cc1OC. The minimum Gasteiger partial charge on any atom is -0.493 e. The number of ether oxygens (including phenoxy) is 2. The first-order valence-electron chi connectivity index (χ1n) is 12.9. The molecule has 1 aromatic heterocycles. The van der Waals surface area contributed by atoms with Crippen LogP contribution < -0.4 is 25.4 Å². The molecule has 216 valence electrons. The van der Waals surface area contributed by atoms with E-state index in [9.17, 15) is 14.4 Å². The van der Waals surface area contributed by atoms with Crippen LogP contribution in [-0.4, -0.2) is 42.3 Å². The molecule has 4 rings (SSSR count). The van der Waals surface area contributed by atoms with Crippen LogP contribution >= 0.6 is 11.8 Å². The Balaban J connectivity index is 1.52. The summed E-state index contributed by atoms with van der Waals surface area (Å²) in [7, 11) is 3.05. The van der Waals surface area contributed by atoms with Crippen LogP contribution in [-0.2, 0) is 9.59 Å². The Morgan fingerprint density at radius 1 is 0.905 bits per heavy atom. The summed E-state index contributed by atoms with van der Waals surface area (Å²) in [5.41, 5.74) is 1.51. The van der Waals surface area contributed by atoms with Gasteiger partial charge in [0.15, 0.2) is 17.3 Å². The first-order valence-corrected chi connectivity index (χ1v) is 13.8. The van der Waals surface area contributed by atoms with Gasteiger partial charge in [0.1, 0.15) is 11.5 Å². The maximum atomic E-state index is 13.5. The van der Waals surface area contributed by atoms with Gasteiger partial charge in [-0.2, -0.15) is 0 Å². The number of carbonyl (C=O) groups is 3. The van der Waals surface area contributed by atoms with Gasteiger partial charge in [0.25, 0.3) is 11.8 Å². The molecule has 0 saturated carbocycles. The number of rotatable bonds is 11. The summed E-state index contributed by atoms with van der Waals surface area (Å²) in [6.07, 6.45) is 1.55. The maximum Gasteiger partial charge on any atom is 0.272 e. The van der Waals surface area contributed by atoms with Gasteiger partial charge in [0, 0.05) is 22.2 Å². The minimum absolute atomic E-state index is 0.0183. The highest BCUT2D eigenvalue weighted by molar-refractivity contribution is 8.00. The van der Waals surface area contributed by atoms with Crippen molar-refractivity contribution in [2.45, 2.75) is 24.0 Å². The molecule has 42 heavy (non-hydrogen) atoms. The molecule has 3 N–H and O–H groups in total. The molecule has 0 aliphatic rings. The van der Waals surface area contributed by atoms with E-state index in [1.165, 1.54) is 26.0 Å². The van der Waals surface area contributed by atoms with Gasteiger partial charge in [-0.1, -0.05) is 35.5 Å². The molecule has 0 aliphatic carbocycles. The second kappa shape index (κ2) is 14.0. The number of hydrogen-bond acceptors (Lipinski definition) is 8. The zero-order valence-corrected chi connectivity index (χ0v) is 24.3. The zero-order chi connectivity index (χ0) is 30.1. The zero-order valence-electron chi connectivity index (χ0n) is 23.5. The van der Waals surface area contributed by atoms with Crippen LogP contribution in [0.4, 0.5) is 11.5 Å². The van der Waals surface area contributed by atoms with E-state index in [-0.39, 0.29) is 11.6 Å². The lowest BCUT2D eigenvalue weighted by molar-refractivity contribution is -0.115. The van der Waals surface area contributed by atoms with E-state index in [1.807, 2.05) is 6.07 Å². The van der Waals surface area contributed by atoms with Crippen molar-refractivity contribution >= 4 is 47.1 Å². The Morgan fingerprint density at radius 2 is 1.67 bits per heavy atom. The monoisotopic (exact) mass is 586 g/mol. The summed E-state index contributed by atoms with van der Waals surface area (Å²) in [6, 6.07) is 22.5. The molecule has 4 aromatic rings. The number of amides is 3. The van der Waals surface area contributed by atoms with E-state index in [2.05, 4.69) is 21.1 Å². The molecule has 0 saturated heterocycles. The van der Waals surface area contributed by atoms with Gasteiger partial charge in [0.2, 0.25) is 5.91 Å².